The molecule has 0 saturated heterocycles. The van der Waals surface area contributed by atoms with Gasteiger partial charge in [0.15, 0.2) is 5.82 Å². The Morgan fingerprint density at radius 2 is 2.50 bits per heavy atom. The summed E-state index contributed by atoms with van der Waals surface area (Å²) in [5.74, 6) is 0.818. The molecule has 0 amide bonds. The van der Waals surface area contributed by atoms with Gasteiger partial charge in [-0.1, -0.05) is 12.2 Å². The van der Waals surface area contributed by atoms with E-state index in [2.05, 4.69) is 22.0 Å². The number of aromatic nitrogens is 3. The quantitative estimate of drug-likeness (QED) is 0.662. The first kappa shape index (κ1) is 8.93. The molecule has 1 N–H and O–H groups in total. The molecule has 1 aromatic heterocycles. The van der Waals surface area contributed by atoms with Crippen LogP contribution in [0, 0.1) is 0 Å². The minimum atomic E-state index is 0.702. The SMILES string of the molecule is C=C(C)CNCc1ncn(C)n1. The largest absolute Gasteiger partial charge is 0.306 e. The van der Waals surface area contributed by atoms with E-state index in [0.29, 0.717) is 6.54 Å². The third-order valence-corrected chi connectivity index (χ3v) is 1.36. The average Bonchev–Trinajstić information content (AvgIpc) is 2.35. The lowest BCUT2D eigenvalue weighted by atomic mass is 10.3. The highest BCUT2D eigenvalue weighted by Gasteiger charge is 1.96. The molecule has 1 rings (SSSR count). The number of nitrogens with one attached hydrogen (secondary N) is 1. The number of nitrogens with zero attached hydrogens (tertiary/aromatic N) is 3. The van der Waals surface area contributed by atoms with Crippen LogP contribution >= 0.6 is 0 Å². The molecule has 0 unspecified atom stereocenters. The molecule has 0 fully saturated rings. The van der Waals surface area contributed by atoms with Crippen LogP contribution in [-0.2, 0) is 13.6 Å². The Morgan fingerprint density at radius 3 is 3.00 bits per heavy atom. The maximum absolute atomic E-state index is 4.12. The van der Waals surface area contributed by atoms with E-state index < -0.39 is 0 Å². The minimum absolute atomic E-state index is 0.702. The normalized spacial score (nSPS) is 10.2. The zero-order chi connectivity index (χ0) is 8.97. The second-order valence-electron chi connectivity index (χ2n) is 2.90. The van der Waals surface area contributed by atoms with Gasteiger partial charge in [-0.2, -0.15) is 5.10 Å². The molecule has 0 bridgehead atoms. The number of hydrogen-bond acceptors (Lipinski definition) is 3. The molecule has 0 spiro atoms. The topological polar surface area (TPSA) is 42.7 Å². The maximum atomic E-state index is 4.12. The van der Waals surface area contributed by atoms with Gasteiger partial charge < -0.3 is 5.32 Å². The fraction of sp³-hybridized carbons (Fsp3) is 0.500. The lowest BCUT2D eigenvalue weighted by Crippen LogP contribution is -2.16. The summed E-state index contributed by atoms with van der Waals surface area (Å²) in [5, 5.41) is 7.30. The molecule has 4 nitrogen and oxygen atoms in total. The van der Waals surface area contributed by atoms with Crippen molar-refractivity contribution in [3.8, 4) is 0 Å². The third kappa shape index (κ3) is 2.84. The summed E-state index contributed by atoms with van der Waals surface area (Å²) in [5.41, 5.74) is 1.12. The molecule has 0 radical (unpaired) electrons. The average molecular weight is 166 g/mol. The molecule has 12 heavy (non-hydrogen) atoms. The number of hydrogen-bond donors (Lipinski definition) is 1. The van der Waals surface area contributed by atoms with Crippen LogP contribution in [0.15, 0.2) is 18.5 Å². The summed E-state index contributed by atoms with van der Waals surface area (Å²) in [6, 6.07) is 0. The second-order valence-corrected chi connectivity index (χ2v) is 2.90. The Labute approximate surface area is 72.3 Å². The predicted molar refractivity (Wildman–Crippen MR) is 47.5 cm³/mol. The van der Waals surface area contributed by atoms with E-state index in [9.17, 15) is 0 Å². The van der Waals surface area contributed by atoms with Gasteiger partial charge in [-0.25, -0.2) is 4.98 Å². The smallest absolute Gasteiger partial charge is 0.164 e. The van der Waals surface area contributed by atoms with Gasteiger partial charge in [0.05, 0.1) is 6.54 Å². The van der Waals surface area contributed by atoms with Crippen LogP contribution in [0.1, 0.15) is 12.7 Å². The van der Waals surface area contributed by atoms with E-state index in [4.69, 9.17) is 0 Å². The van der Waals surface area contributed by atoms with Crippen LogP contribution < -0.4 is 5.32 Å². The fourth-order valence-electron chi connectivity index (χ4n) is 0.853. The molecular formula is C8H14N4. The Bertz CT molecular complexity index is 264. The van der Waals surface area contributed by atoms with Gasteiger partial charge in [-0.05, 0) is 6.92 Å². The van der Waals surface area contributed by atoms with Crippen molar-refractivity contribution >= 4 is 0 Å². The maximum Gasteiger partial charge on any atom is 0.164 e. The van der Waals surface area contributed by atoms with E-state index in [1.165, 1.54) is 0 Å². The standard InChI is InChI=1S/C8H14N4/c1-7(2)4-9-5-8-10-6-12(3)11-8/h6,9H,1,4-5H2,2-3H3. The highest BCUT2D eigenvalue weighted by Crippen LogP contribution is 1.88. The van der Waals surface area contributed by atoms with E-state index in [1.54, 1.807) is 11.0 Å². The van der Waals surface area contributed by atoms with Gasteiger partial charge in [0.25, 0.3) is 0 Å². The van der Waals surface area contributed by atoms with Crippen LogP contribution in [-0.4, -0.2) is 21.3 Å². The van der Waals surface area contributed by atoms with Crippen LogP contribution in [0.2, 0.25) is 0 Å². The predicted octanol–water partition coefficient (Wildman–Crippen LogP) is 0.481. The van der Waals surface area contributed by atoms with Crippen LogP contribution in [0.4, 0.5) is 0 Å². The van der Waals surface area contributed by atoms with Gasteiger partial charge in [-0.3, -0.25) is 4.68 Å². The summed E-state index contributed by atoms with van der Waals surface area (Å²) < 4.78 is 1.69. The van der Waals surface area contributed by atoms with Crippen molar-refractivity contribution < 1.29 is 0 Å². The first-order valence-corrected chi connectivity index (χ1v) is 3.88. The third-order valence-electron chi connectivity index (χ3n) is 1.36. The lowest BCUT2D eigenvalue weighted by Gasteiger charge is -1.99. The van der Waals surface area contributed by atoms with Crippen molar-refractivity contribution in [2.24, 2.45) is 7.05 Å². The lowest BCUT2D eigenvalue weighted by molar-refractivity contribution is 0.678. The monoisotopic (exact) mass is 166 g/mol. The fourth-order valence-corrected chi connectivity index (χ4v) is 0.853. The first-order valence-electron chi connectivity index (χ1n) is 3.88. The first-order chi connectivity index (χ1) is 5.68. The zero-order valence-electron chi connectivity index (χ0n) is 7.54. The van der Waals surface area contributed by atoms with Crippen molar-refractivity contribution in [3.63, 3.8) is 0 Å². The van der Waals surface area contributed by atoms with Gasteiger partial charge in [0, 0.05) is 13.6 Å². The van der Waals surface area contributed by atoms with E-state index in [1.807, 2.05) is 14.0 Å². The molecule has 66 valence electrons. The Morgan fingerprint density at radius 1 is 1.75 bits per heavy atom. The van der Waals surface area contributed by atoms with Crippen LogP contribution in [0.3, 0.4) is 0 Å². The van der Waals surface area contributed by atoms with Crippen molar-refractivity contribution in [2.45, 2.75) is 13.5 Å². The minimum Gasteiger partial charge on any atom is -0.306 e. The molecule has 0 aliphatic rings. The summed E-state index contributed by atoms with van der Waals surface area (Å²) >= 11 is 0. The Kier molecular flexibility index (Phi) is 2.99. The molecule has 0 aromatic carbocycles. The molecule has 0 saturated carbocycles. The van der Waals surface area contributed by atoms with Gasteiger partial charge in [0.1, 0.15) is 6.33 Å². The molecule has 1 aromatic rings. The molecular weight excluding hydrogens is 152 g/mol. The number of aryl methyl sites for hydroxylation is 1. The van der Waals surface area contributed by atoms with E-state index in [-0.39, 0.29) is 0 Å². The van der Waals surface area contributed by atoms with Gasteiger partial charge in [0.2, 0.25) is 0 Å². The molecule has 4 heteroatoms. The highest BCUT2D eigenvalue weighted by atomic mass is 15.3. The van der Waals surface area contributed by atoms with Crippen molar-refractivity contribution in [3.05, 3.63) is 24.3 Å². The van der Waals surface area contributed by atoms with E-state index >= 15 is 0 Å². The summed E-state index contributed by atoms with van der Waals surface area (Å²) in [6.45, 7) is 7.29. The van der Waals surface area contributed by atoms with Gasteiger partial charge >= 0.3 is 0 Å². The van der Waals surface area contributed by atoms with Crippen molar-refractivity contribution in [2.75, 3.05) is 6.54 Å². The van der Waals surface area contributed by atoms with Crippen LogP contribution in [0.25, 0.3) is 0 Å². The molecule has 0 aliphatic carbocycles. The highest BCUT2D eigenvalue weighted by molar-refractivity contribution is 4.91. The molecule has 1 heterocycles. The zero-order valence-corrected chi connectivity index (χ0v) is 7.54. The Hall–Kier alpha value is -1.16. The van der Waals surface area contributed by atoms with Crippen molar-refractivity contribution in [1.82, 2.24) is 20.1 Å². The Balaban J connectivity index is 2.29. The summed E-state index contributed by atoms with van der Waals surface area (Å²) in [6.07, 6.45) is 1.69. The number of rotatable bonds is 4. The second kappa shape index (κ2) is 4.01. The molecule has 0 atom stereocenters. The van der Waals surface area contributed by atoms with Gasteiger partial charge in [-0.15, -0.1) is 0 Å². The molecule has 0 aliphatic heterocycles. The van der Waals surface area contributed by atoms with Crippen LogP contribution in [0.5, 0.6) is 0 Å². The summed E-state index contributed by atoms with van der Waals surface area (Å²) in [7, 11) is 1.86. The van der Waals surface area contributed by atoms with E-state index in [0.717, 1.165) is 17.9 Å². The summed E-state index contributed by atoms with van der Waals surface area (Å²) in [4.78, 5) is 4.07. The van der Waals surface area contributed by atoms with Crippen molar-refractivity contribution in [1.29, 1.82) is 0 Å².